The quantitative estimate of drug-likeness (QED) is 0.654. The van der Waals surface area contributed by atoms with Crippen molar-refractivity contribution in [3.05, 3.63) is 29.3 Å². The molecule has 1 heterocycles. The van der Waals surface area contributed by atoms with Gasteiger partial charge in [-0.15, -0.1) is 5.10 Å². The van der Waals surface area contributed by atoms with Crippen molar-refractivity contribution < 1.29 is 9.53 Å². The Kier molecular flexibility index (Phi) is 5.80. The van der Waals surface area contributed by atoms with Gasteiger partial charge in [-0.05, 0) is 54.5 Å². The zero-order chi connectivity index (χ0) is 17.8. The van der Waals surface area contributed by atoms with Gasteiger partial charge < -0.3 is 9.64 Å². The molecule has 3 rings (SSSR count). The maximum absolute atomic E-state index is 12.5. The predicted octanol–water partition coefficient (Wildman–Crippen LogP) is 2.68. The van der Waals surface area contributed by atoms with Gasteiger partial charge in [0.2, 0.25) is 11.1 Å². The summed E-state index contributed by atoms with van der Waals surface area (Å²) in [6.07, 6.45) is 2.20. The van der Waals surface area contributed by atoms with Crippen LogP contribution in [0.15, 0.2) is 29.4 Å². The van der Waals surface area contributed by atoms with E-state index in [0.29, 0.717) is 29.4 Å². The van der Waals surface area contributed by atoms with E-state index in [1.165, 1.54) is 11.8 Å². The molecule has 9 heteroatoms. The first-order chi connectivity index (χ1) is 12.0. The molecule has 134 valence electrons. The van der Waals surface area contributed by atoms with Crippen molar-refractivity contribution in [2.45, 2.75) is 36.2 Å². The lowest BCUT2D eigenvalue weighted by Gasteiger charge is -2.21. The van der Waals surface area contributed by atoms with Crippen LogP contribution in [0.1, 0.15) is 25.8 Å². The maximum Gasteiger partial charge on any atom is 0.235 e. The Bertz CT molecular complexity index is 720. The molecule has 7 nitrogen and oxygen atoms in total. The van der Waals surface area contributed by atoms with Crippen LogP contribution < -0.4 is 4.74 Å². The van der Waals surface area contributed by atoms with Crippen molar-refractivity contribution in [3.63, 3.8) is 0 Å². The molecule has 0 spiro atoms. The van der Waals surface area contributed by atoms with Gasteiger partial charge in [0.15, 0.2) is 0 Å². The van der Waals surface area contributed by atoms with Crippen LogP contribution in [0, 0.1) is 0 Å². The summed E-state index contributed by atoms with van der Waals surface area (Å²) in [5.74, 6) is 0.756. The van der Waals surface area contributed by atoms with Gasteiger partial charge in [-0.25, -0.2) is 4.68 Å². The van der Waals surface area contributed by atoms with Gasteiger partial charge in [-0.1, -0.05) is 23.4 Å². The maximum atomic E-state index is 12.5. The molecule has 0 saturated heterocycles. The summed E-state index contributed by atoms with van der Waals surface area (Å²) in [6.45, 7) is 2.79. The Hall–Kier alpha value is -1.80. The molecule has 1 aliphatic carbocycles. The van der Waals surface area contributed by atoms with E-state index in [9.17, 15) is 4.79 Å². The minimum Gasteiger partial charge on any atom is -0.492 e. The fourth-order valence-electron chi connectivity index (χ4n) is 2.27. The summed E-state index contributed by atoms with van der Waals surface area (Å²) in [5.41, 5.74) is 0. The number of hydrogen-bond donors (Lipinski definition) is 0. The first-order valence-corrected chi connectivity index (χ1v) is 9.38. The van der Waals surface area contributed by atoms with Crippen molar-refractivity contribution in [1.82, 2.24) is 25.1 Å². The number of rotatable bonds is 8. The summed E-state index contributed by atoms with van der Waals surface area (Å²) in [5, 5.41) is 12.9. The molecular formula is C16H20ClN5O2S. The number of carbonyl (C=O) groups excluding carboxylic acids is 1. The highest BCUT2D eigenvalue weighted by Gasteiger charge is 2.30. The van der Waals surface area contributed by atoms with Gasteiger partial charge in [0, 0.05) is 12.1 Å². The summed E-state index contributed by atoms with van der Waals surface area (Å²) in [6, 6.07) is 7.55. The van der Waals surface area contributed by atoms with E-state index in [1.54, 1.807) is 36.2 Å². The minimum absolute atomic E-state index is 0.0232. The van der Waals surface area contributed by atoms with Gasteiger partial charge in [-0.2, -0.15) is 0 Å². The topological polar surface area (TPSA) is 73.1 Å². The highest BCUT2D eigenvalue weighted by atomic mass is 35.5. The smallest absolute Gasteiger partial charge is 0.235 e. The standard InChI is InChI=1S/C16H20ClN5O2S/c1-11(25-16-18-19-20-22(16)13-5-6-13)15(23)21(2)9-10-24-14-7-3-12(17)4-8-14/h3-4,7-8,11,13H,5-6,9-10H2,1-2H3. The third-order valence-electron chi connectivity index (χ3n) is 3.87. The number of carbonyl (C=O) groups is 1. The molecule has 0 radical (unpaired) electrons. The monoisotopic (exact) mass is 381 g/mol. The van der Waals surface area contributed by atoms with Crippen LogP contribution >= 0.6 is 23.4 Å². The Morgan fingerprint density at radius 3 is 2.84 bits per heavy atom. The van der Waals surface area contributed by atoms with Gasteiger partial charge in [0.25, 0.3) is 0 Å². The van der Waals surface area contributed by atoms with Crippen LogP contribution in [0.4, 0.5) is 0 Å². The third-order valence-corrected chi connectivity index (χ3v) is 5.16. The van der Waals surface area contributed by atoms with Crippen molar-refractivity contribution >= 4 is 29.3 Å². The summed E-state index contributed by atoms with van der Waals surface area (Å²) in [4.78, 5) is 14.2. The van der Waals surface area contributed by atoms with Gasteiger partial charge in [0.05, 0.1) is 17.8 Å². The summed E-state index contributed by atoms with van der Waals surface area (Å²) in [7, 11) is 1.77. The lowest BCUT2D eigenvalue weighted by molar-refractivity contribution is -0.129. The van der Waals surface area contributed by atoms with Crippen LogP contribution in [-0.2, 0) is 4.79 Å². The number of thioether (sulfide) groups is 1. The number of ether oxygens (including phenoxy) is 1. The lowest BCUT2D eigenvalue weighted by atomic mass is 10.3. The number of likely N-dealkylation sites (N-methyl/N-ethyl adjacent to an activating group) is 1. The Labute approximate surface area is 155 Å². The second-order valence-electron chi connectivity index (χ2n) is 5.96. The molecule has 1 aromatic carbocycles. The van der Waals surface area contributed by atoms with E-state index < -0.39 is 0 Å². The molecule has 1 saturated carbocycles. The number of halogens is 1. The molecule has 1 aliphatic rings. The molecule has 25 heavy (non-hydrogen) atoms. The Balaban J connectivity index is 1.46. The predicted molar refractivity (Wildman–Crippen MR) is 96.0 cm³/mol. The van der Waals surface area contributed by atoms with Crippen LogP contribution in [-0.4, -0.2) is 56.5 Å². The number of aromatic nitrogens is 4. The number of hydrogen-bond acceptors (Lipinski definition) is 6. The molecule has 1 aromatic heterocycles. The molecule has 2 aromatic rings. The fourth-order valence-corrected chi connectivity index (χ4v) is 3.37. The van der Waals surface area contributed by atoms with Gasteiger partial charge in [0.1, 0.15) is 12.4 Å². The van der Waals surface area contributed by atoms with Crippen molar-refractivity contribution in [3.8, 4) is 5.75 Å². The van der Waals surface area contributed by atoms with E-state index in [-0.39, 0.29) is 11.2 Å². The van der Waals surface area contributed by atoms with Crippen molar-refractivity contribution in [2.75, 3.05) is 20.2 Å². The molecule has 1 fully saturated rings. The molecule has 1 atom stereocenters. The van der Waals surface area contributed by atoms with Crippen molar-refractivity contribution in [2.24, 2.45) is 0 Å². The molecule has 1 amide bonds. The molecular weight excluding hydrogens is 362 g/mol. The van der Waals surface area contributed by atoms with Crippen molar-refractivity contribution in [1.29, 1.82) is 0 Å². The number of benzene rings is 1. The normalized spacial score (nSPS) is 15.0. The SMILES string of the molecule is CC(Sc1nnnn1C1CC1)C(=O)N(C)CCOc1ccc(Cl)cc1. The summed E-state index contributed by atoms with van der Waals surface area (Å²) < 4.78 is 7.45. The van der Waals surface area contributed by atoms with E-state index >= 15 is 0 Å². The molecule has 0 aliphatic heterocycles. The highest BCUT2D eigenvalue weighted by molar-refractivity contribution is 8.00. The van der Waals surface area contributed by atoms with E-state index in [1.807, 2.05) is 11.6 Å². The second-order valence-corrected chi connectivity index (χ2v) is 7.70. The van der Waals surface area contributed by atoms with Gasteiger partial charge >= 0.3 is 0 Å². The van der Waals surface area contributed by atoms with E-state index in [0.717, 1.165) is 18.6 Å². The average molecular weight is 382 g/mol. The zero-order valence-electron chi connectivity index (χ0n) is 14.1. The van der Waals surface area contributed by atoms with Crippen LogP contribution in [0.3, 0.4) is 0 Å². The Morgan fingerprint density at radius 2 is 2.16 bits per heavy atom. The molecule has 1 unspecified atom stereocenters. The first-order valence-electron chi connectivity index (χ1n) is 8.12. The van der Waals surface area contributed by atoms with E-state index in [2.05, 4.69) is 15.5 Å². The molecule has 0 N–H and O–H groups in total. The van der Waals surface area contributed by atoms with Gasteiger partial charge in [-0.3, -0.25) is 4.79 Å². The van der Waals surface area contributed by atoms with Crippen LogP contribution in [0.2, 0.25) is 5.02 Å². The fraction of sp³-hybridized carbons (Fsp3) is 0.500. The second kappa shape index (κ2) is 8.05. The third kappa shape index (κ3) is 4.85. The highest BCUT2D eigenvalue weighted by Crippen LogP contribution is 2.37. The zero-order valence-corrected chi connectivity index (χ0v) is 15.7. The summed E-state index contributed by atoms with van der Waals surface area (Å²) >= 11 is 7.23. The van der Waals surface area contributed by atoms with Crippen LogP contribution in [0.25, 0.3) is 0 Å². The lowest BCUT2D eigenvalue weighted by Crippen LogP contribution is -2.36. The molecule has 0 bridgehead atoms. The minimum atomic E-state index is -0.260. The number of nitrogens with zero attached hydrogens (tertiary/aromatic N) is 5. The average Bonchev–Trinajstić information content (AvgIpc) is 3.35. The van der Waals surface area contributed by atoms with E-state index in [4.69, 9.17) is 16.3 Å². The van der Waals surface area contributed by atoms with Crippen LogP contribution in [0.5, 0.6) is 5.75 Å². The number of amides is 1. The first kappa shape index (κ1) is 18.0. The number of tetrazole rings is 1. The largest absolute Gasteiger partial charge is 0.492 e. The Morgan fingerprint density at radius 1 is 1.44 bits per heavy atom.